The summed E-state index contributed by atoms with van der Waals surface area (Å²) in [7, 11) is 0. The second kappa shape index (κ2) is 3.70. The molecule has 0 radical (unpaired) electrons. The summed E-state index contributed by atoms with van der Waals surface area (Å²) < 4.78 is 5.74. The Bertz CT molecular complexity index is 576. The number of rotatable bonds is 0. The van der Waals surface area contributed by atoms with Crippen molar-refractivity contribution in [1.82, 2.24) is 0 Å². The second-order valence-electron chi connectivity index (χ2n) is 4.15. The Hall–Kier alpha value is -2.16. The number of ether oxygens (including phenoxy) is 1. The van der Waals surface area contributed by atoms with Crippen LogP contribution in [-0.2, 0) is 12.8 Å². The van der Waals surface area contributed by atoms with E-state index in [1.54, 1.807) is 0 Å². The van der Waals surface area contributed by atoms with E-state index in [0.717, 1.165) is 23.3 Å². The molecule has 2 N–H and O–H groups in total. The summed E-state index contributed by atoms with van der Waals surface area (Å²) in [5.41, 5.74) is 1.86. The highest BCUT2D eigenvalue weighted by atomic mass is 16.5. The van der Waals surface area contributed by atoms with Crippen molar-refractivity contribution in [3.05, 3.63) is 47.5 Å². The molecule has 3 heteroatoms. The Kier molecular flexibility index (Phi) is 2.18. The monoisotopic (exact) mass is 228 g/mol. The van der Waals surface area contributed by atoms with E-state index in [1.807, 2.05) is 24.3 Å². The van der Waals surface area contributed by atoms with E-state index < -0.39 is 0 Å². The van der Waals surface area contributed by atoms with Gasteiger partial charge in [0.2, 0.25) is 0 Å². The van der Waals surface area contributed by atoms with Gasteiger partial charge in [0.05, 0.1) is 0 Å². The summed E-state index contributed by atoms with van der Waals surface area (Å²) in [4.78, 5) is 0. The lowest BCUT2D eigenvalue weighted by molar-refractivity contribution is 0.427. The van der Waals surface area contributed by atoms with Crippen LogP contribution in [0.3, 0.4) is 0 Å². The van der Waals surface area contributed by atoms with Gasteiger partial charge in [-0.2, -0.15) is 0 Å². The number of phenols is 2. The quantitative estimate of drug-likeness (QED) is 0.728. The molecule has 3 nitrogen and oxygen atoms in total. The van der Waals surface area contributed by atoms with Crippen molar-refractivity contribution in [3.63, 3.8) is 0 Å². The first-order valence-electron chi connectivity index (χ1n) is 5.54. The lowest BCUT2D eigenvalue weighted by atomic mass is 10.0. The van der Waals surface area contributed by atoms with Crippen LogP contribution in [0.1, 0.15) is 11.1 Å². The molecule has 2 aromatic rings. The molecule has 0 spiro atoms. The van der Waals surface area contributed by atoms with E-state index in [1.165, 1.54) is 12.1 Å². The molecule has 2 aromatic carbocycles. The Labute approximate surface area is 98.9 Å². The highest BCUT2D eigenvalue weighted by Gasteiger charge is 2.18. The number of aromatic hydroxyl groups is 2. The van der Waals surface area contributed by atoms with Crippen LogP contribution in [0.5, 0.6) is 23.0 Å². The minimum Gasteiger partial charge on any atom is -0.508 e. The van der Waals surface area contributed by atoms with Crippen molar-refractivity contribution in [3.8, 4) is 23.0 Å². The van der Waals surface area contributed by atoms with Gasteiger partial charge in [-0.05, 0) is 24.5 Å². The standard InChI is InChI=1S/C14H12O3/c15-10-7-12(16)11-6-5-9-3-1-2-4-13(9)17-14(11)8-10/h1-4,7-8,15-16H,5-6H2. The number of para-hydroxylation sites is 1. The van der Waals surface area contributed by atoms with Crippen LogP contribution < -0.4 is 4.74 Å². The number of aryl methyl sites for hydroxylation is 1. The minimum absolute atomic E-state index is 0.0145. The maximum absolute atomic E-state index is 9.80. The van der Waals surface area contributed by atoms with Gasteiger partial charge in [-0.25, -0.2) is 0 Å². The van der Waals surface area contributed by atoms with Crippen molar-refractivity contribution in [1.29, 1.82) is 0 Å². The number of phenolic OH excluding ortho intramolecular Hbond substituents is 2. The molecule has 0 bridgehead atoms. The fourth-order valence-corrected chi connectivity index (χ4v) is 2.15. The molecule has 0 unspecified atom stereocenters. The molecular formula is C14H12O3. The molecule has 0 amide bonds. The Morgan fingerprint density at radius 3 is 2.65 bits per heavy atom. The first-order chi connectivity index (χ1) is 8.24. The van der Waals surface area contributed by atoms with Crippen LogP contribution in [0.15, 0.2) is 36.4 Å². The van der Waals surface area contributed by atoms with Crippen LogP contribution in [0.25, 0.3) is 0 Å². The molecule has 0 aliphatic carbocycles. The highest BCUT2D eigenvalue weighted by molar-refractivity contribution is 5.53. The SMILES string of the molecule is Oc1cc(O)c2c(c1)Oc1ccccc1CC2. The van der Waals surface area contributed by atoms with Crippen LogP contribution in [-0.4, -0.2) is 10.2 Å². The predicted octanol–water partition coefficient (Wildman–Crippen LogP) is 2.99. The van der Waals surface area contributed by atoms with Gasteiger partial charge in [0.15, 0.2) is 0 Å². The Balaban J connectivity index is 2.14. The molecule has 1 aliphatic rings. The third kappa shape index (κ3) is 1.69. The first-order valence-corrected chi connectivity index (χ1v) is 5.54. The predicted molar refractivity (Wildman–Crippen MR) is 63.7 cm³/mol. The first kappa shape index (κ1) is 10.0. The normalized spacial score (nSPS) is 13.2. The molecule has 0 saturated carbocycles. The van der Waals surface area contributed by atoms with Crippen LogP contribution in [0.4, 0.5) is 0 Å². The van der Waals surface area contributed by atoms with Gasteiger partial charge in [-0.3, -0.25) is 0 Å². The van der Waals surface area contributed by atoms with Crippen molar-refractivity contribution in [2.24, 2.45) is 0 Å². The fraction of sp³-hybridized carbons (Fsp3) is 0.143. The highest BCUT2D eigenvalue weighted by Crippen LogP contribution is 2.40. The van der Waals surface area contributed by atoms with Crippen LogP contribution in [0, 0.1) is 0 Å². The average Bonchev–Trinajstić information content (AvgIpc) is 2.47. The van der Waals surface area contributed by atoms with Crippen molar-refractivity contribution in [2.75, 3.05) is 0 Å². The largest absolute Gasteiger partial charge is 0.508 e. The van der Waals surface area contributed by atoms with Crippen molar-refractivity contribution in [2.45, 2.75) is 12.8 Å². The van der Waals surface area contributed by atoms with E-state index >= 15 is 0 Å². The molecular weight excluding hydrogens is 216 g/mol. The van der Waals surface area contributed by atoms with E-state index in [4.69, 9.17) is 4.74 Å². The average molecular weight is 228 g/mol. The summed E-state index contributed by atoms with van der Waals surface area (Å²) in [6, 6.07) is 10.7. The third-order valence-electron chi connectivity index (χ3n) is 3.01. The molecule has 17 heavy (non-hydrogen) atoms. The zero-order chi connectivity index (χ0) is 11.8. The molecule has 0 saturated heterocycles. The number of benzene rings is 2. The fourth-order valence-electron chi connectivity index (χ4n) is 2.15. The lowest BCUT2D eigenvalue weighted by Crippen LogP contribution is -1.89. The smallest absolute Gasteiger partial charge is 0.138 e. The second-order valence-corrected chi connectivity index (χ2v) is 4.15. The molecule has 0 fully saturated rings. The zero-order valence-electron chi connectivity index (χ0n) is 9.18. The number of hydrogen-bond donors (Lipinski definition) is 2. The maximum atomic E-state index is 9.80. The van der Waals surface area contributed by atoms with Gasteiger partial charge in [0, 0.05) is 17.7 Å². The van der Waals surface area contributed by atoms with Crippen LogP contribution in [0.2, 0.25) is 0 Å². The molecule has 0 aromatic heterocycles. The summed E-state index contributed by atoms with van der Waals surface area (Å²) >= 11 is 0. The van der Waals surface area contributed by atoms with Crippen molar-refractivity contribution >= 4 is 0 Å². The zero-order valence-corrected chi connectivity index (χ0v) is 9.18. The van der Waals surface area contributed by atoms with E-state index in [0.29, 0.717) is 12.2 Å². The number of hydrogen-bond acceptors (Lipinski definition) is 3. The Morgan fingerprint density at radius 2 is 1.76 bits per heavy atom. The summed E-state index contributed by atoms with van der Waals surface area (Å²) in [5.74, 6) is 1.43. The lowest BCUT2D eigenvalue weighted by Gasteiger charge is -2.10. The van der Waals surface area contributed by atoms with Gasteiger partial charge in [-0.1, -0.05) is 18.2 Å². The minimum atomic E-state index is 0.0145. The van der Waals surface area contributed by atoms with E-state index in [2.05, 4.69) is 0 Å². The van der Waals surface area contributed by atoms with Crippen LogP contribution >= 0.6 is 0 Å². The summed E-state index contributed by atoms with van der Waals surface area (Å²) in [6.07, 6.45) is 1.53. The summed E-state index contributed by atoms with van der Waals surface area (Å²) in [5, 5.41) is 19.3. The number of fused-ring (bicyclic) bond motifs is 2. The molecule has 0 atom stereocenters. The molecule has 3 rings (SSSR count). The van der Waals surface area contributed by atoms with E-state index in [9.17, 15) is 10.2 Å². The van der Waals surface area contributed by atoms with Gasteiger partial charge in [0.1, 0.15) is 23.0 Å². The molecule has 1 heterocycles. The Morgan fingerprint density at radius 1 is 0.941 bits per heavy atom. The van der Waals surface area contributed by atoms with Gasteiger partial charge in [0.25, 0.3) is 0 Å². The third-order valence-corrected chi connectivity index (χ3v) is 3.01. The maximum Gasteiger partial charge on any atom is 0.138 e. The van der Waals surface area contributed by atoms with Gasteiger partial charge in [-0.15, -0.1) is 0 Å². The van der Waals surface area contributed by atoms with Crippen molar-refractivity contribution < 1.29 is 14.9 Å². The van der Waals surface area contributed by atoms with E-state index in [-0.39, 0.29) is 11.5 Å². The van der Waals surface area contributed by atoms with Gasteiger partial charge >= 0.3 is 0 Å². The van der Waals surface area contributed by atoms with Gasteiger partial charge < -0.3 is 14.9 Å². The molecule has 86 valence electrons. The summed E-state index contributed by atoms with van der Waals surface area (Å²) in [6.45, 7) is 0. The molecule has 1 aliphatic heterocycles. The topological polar surface area (TPSA) is 49.7 Å².